The first-order chi connectivity index (χ1) is 13.0. The summed E-state index contributed by atoms with van der Waals surface area (Å²) in [6.07, 6.45) is 6.52. The van der Waals surface area contributed by atoms with E-state index in [0.29, 0.717) is 6.42 Å². The molecule has 1 aromatic carbocycles. The molecule has 1 spiro atoms. The quantitative estimate of drug-likeness (QED) is 0.571. The van der Waals surface area contributed by atoms with E-state index >= 15 is 0 Å². The Kier molecular flexibility index (Phi) is 5.82. The van der Waals surface area contributed by atoms with Gasteiger partial charge in [0.1, 0.15) is 12.1 Å². The van der Waals surface area contributed by atoms with Gasteiger partial charge in [0.25, 0.3) is 5.91 Å². The Balaban J connectivity index is 1.68. The number of hydrogen-bond acceptors (Lipinski definition) is 3. The van der Waals surface area contributed by atoms with Crippen molar-refractivity contribution in [3.05, 3.63) is 35.4 Å². The van der Waals surface area contributed by atoms with Crippen LogP contribution in [-0.2, 0) is 21.5 Å². The van der Waals surface area contributed by atoms with Crippen LogP contribution in [0.25, 0.3) is 0 Å². The topological polar surface area (TPSA) is 78.5 Å². The van der Waals surface area contributed by atoms with Gasteiger partial charge in [-0.2, -0.15) is 0 Å². The lowest BCUT2D eigenvalue weighted by Crippen LogP contribution is -2.47. The first kappa shape index (κ1) is 19.4. The maximum Gasteiger partial charge on any atom is 0.325 e. The van der Waals surface area contributed by atoms with Crippen LogP contribution < -0.4 is 10.6 Å². The van der Waals surface area contributed by atoms with Gasteiger partial charge in [0, 0.05) is 6.04 Å². The molecule has 2 N–H and O–H groups in total. The molecule has 1 aliphatic heterocycles. The molecule has 146 valence electrons. The van der Waals surface area contributed by atoms with Crippen LogP contribution in [0.5, 0.6) is 0 Å². The van der Waals surface area contributed by atoms with Crippen molar-refractivity contribution in [2.45, 2.75) is 70.4 Å². The fourth-order valence-corrected chi connectivity index (χ4v) is 4.19. The van der Waals surface area contributed by atoms with Crippen LogP contribution in [0, 0.1) is 0 Å². The van der Waals surface area contributed by atoms with E-state index in [1.54, 1.807) is 0 Å². The van der Waals surface area contributed by atoms with E-state index in [1.165, 1.54) is 0 Å². The SMILES string of the molecule is CCCCC[C@@H](C)NC(=O)CN1C(=O)N[C@@]2(CCCc3ccccc32)C1=O. The molecule has 1 fully saturated rings. The summed E-state index contributed by atoms with van der Waals surface area (Å²) in [5.74, 6) is -0.600. The number of nitrogens with zero attached hydrogens (tertiary/aromatic N) is 1. The Morgan fingerprint density at radius 3 is 2.85 bits per heavy atom. The third kappa shape index (κ3) is 3.84. The van der Waals surface area contributed by atoms with Crippen molar-refractivity contribution in [3.8, 4) is 0 Å². The number of benzene rings is 1. The Bertz CT molecular complexity index is 733. The number of hydrogen-bond donors (Lipinski definition) is 2. The third-order valence-corrected chi connectivity index (χ3v) is 5.60. The molecule has 2 atom stereocenters. The summed E-state index contributed by atoms with van der Waals surface area (Å²) in [5, 5.41) is 5.79. The Hall–Kier alpha value is -2.37. The largest absolute Gasteiger partial charge is 0.352 e. The average Bonchev–Trinajstić information content (AvgIpc) is 2.87. The van der Waals surface area contributed by atoms with Gasteiger partial charge < -0.3 is 10.6 Å². The van der Waals surface area contributed by atoms with Gasteiger partial charge in [0.15, 0.2) is 0 Å². The van der Waals surface area contributed by atoms with Crippen LogP contribution in [0.1, 0.15) is 63.5 Å². The van der Waals surface area contributed by atoms with Crippen LogP contribution in [0.2, 0.25) is 0 Å². The van der Waals surface area contributed by atoms with Crippen molar-refractivity contribution >= 4 is 17.8 Å². The number of unbranched alkanes of at least 4 members (excludes halogenated alkanes) is 2. The van der Waals surface area contributed by atoms with E-state index in [1.807, 2.05) is 31.2 Å². The van der Waals surface area contributed by atoms with Gasteiger partial charge in [0.2, 0.25) is 5.91 Å². The zero-order valence-electron chi connectivity index (χ0n) is 16.2. The van der Waals surface area contributed by atoms with Crippen molar-refractivity contribution in [1.82, 2.24) is 15.5 Å². The zero-order chi connectivity index (χ0) is 19.4. The molecule has 4 amide bonds. The first-order valence-electron chi connectivity index (χ1n) is 10.00. The molecule has 1 aromatic rings. The van der Waals surface area contributed by atoms with Crippen molar-refractivity contribution in [3.63, 3.8) is 0 Å². The van der Waals surface area contributed by atoms with Gasteiger partial charge in [-0.25, -0.2) is 4.79 Å². The van der Waals surface area contributed by atoms with E-state index in [0.717, 1.165) is 54.6 Å². The highest BCUT2D eigenvalue weighted by atomic mass is 16.2. The van der Waals surface area contributed by atoms with Gasteiger partial charge in [-0.1, -0.05) is 50.5 Å². The number of nitrogens with one attached hydrogen (secondary N) is 2. The second-order valence-corrected chi connectivity index (χ2v) is 7.70. The number of fused-ring (bicyclic) bond motifs is 2. The maximum atomic E-state index is 13.2. The van der Waals surface area contributed by atoms with Crippen molar-refractivity contribution in [1.29, 1.82) is 0 Å². The number of urea groups is 1. The van der Waals surface area contributed by atoms with Gasteiger partial charge in [-0.05, 0) is 43.7 Å². The smallest absolute Gasteiger partial charge is 0.325 e. The Morgan fingerprint density at radius 1 is 1.30 bits per heavy atom. The van der Waals surface area contributed by atoms with Gasteiger partial charge in [-0.15, -0.1) is 0 Å². The summed E-state index contributed by atoms with van der Waals surface area (Å²) >= 11 is 0. The van der Waals surface area contributed by atoms with Crippen LogP contribution in [0.4, 0.5) is 4.79 Å². The number of aryl methyl sites for hydroxylation is 1. The molecule has 1 saturated heterocycles. The van der Waals surface area contributed by atoms with E-state index in [2.05, 4.69) is 17.6 Å². The standard InChI is InChI=1S/C21H29N3O3/c1-3-4-5-9-15(2)22-18(25)14-24-19(26)21(23-20(24)27)13-8-11-16-10-6-7-12-17(16)21/h6-7,10,12,15H,3-5,8-9,11,13-14H2,1-2H3,(H,22,25)(H,23,27)/t15-,21-/m1/s1. The summed E-state index contributed by atoms with van der Waals surface area (Å²) in [5.41, 5.74) is 0.942. The summed E-state index contributed by atoms with van der Waals surface area (Å²) in [4.78, 5) is 39.1. The molecule has 1 aliphatic carbocycles. The van der Waals surface area contributed by atoms with E-state index < -0.39 is 11.6 Å². The highest BCUT2D eigenvalue weighted by Gasteiger charge is 2.54. The molecule has 0 unspecified atom stereocenters. The van der Waals surface area contributed by atoms with Crippen LogP contribution in [-0.4, -0.2) is 35.3 Å². The minimum atomic E-state index is -1.01. The molecular weight excluding hydrogens is 342 g/mol. The molecular formula is C21H29N3O3. The molecule has 0 bridgehead atoms. The molecule has 27 heavy (non-hydrogen) atoms. The molecule has 0 aromatic heterocycles. The lowest BCUT2D eigenvalue weighted by Gasteiger charge is -2.33. The van der Waals surface area contributed by atoms with Crippen molar-refractivity contribution in [2.75, 3.05) is 6.54 Å². The van der Waals surface area contributed by atoms with Crippen LogP contribution in [0.15, 0.2) is 24.3 Å². The zero-order valence-corrected chi connectivity index (χ0v) is 16.2. The average molecular weight is 371 g/mol. The number of carbonyl (C=O) groups excluding carboxylic acids is 3. The third-order valence-electron chi connectivity index (χ3n) is 5.60. The minimum absolute atomic E-state index is 0.0363. The van der Waals surface area contributed by atoms with Crippen LogP contribution >= 0.6 is 0 Å². The second-order valence-electron chi connectivity index (χ2n) is 7.70. The van der Waals surface area contributed by atoms with Gasteiger partial charge in [0.05, 0.1) is 0 Å². The molecule has 3 rings (SSSR count). The Labute approximate surface area is 160 Å². The summed E-state index contributed by atoms with van der Waals surface area (Å²) < 4.78 is 0. The number of imide groups is 1. The summed E-state index contributed by atoms with van der Waals surface area (Å²) in [6, 6.07) is 7.30. The number of rotatable bonds is 7. The molecule has 2 aliphatic rings. The second kappa shape index (κ2) is 8.11. The van der Waals surface area contributed by atoms with E-state index in [-0.39, 0.29) is 24.4 Å². The normalized spacial score (nSPS) is 22.5. The highest BCUT2D eigenvalue weighted by Crippen LogP contribution is 2.39. The Morgan fingerprint density at radius 2 is 2.07 bits per heavy atom. The van der Waals surface area contributed by atoms with E-state index in [4.69, 9.17) is 0 Å². The fourth-order valence-electron chi connectivity index (χ4n) is 4.19. The van der Waals surface area contributed by atoms with E-state index in [9.17, 15) is 14.4 Å². The predicted molar refractivity (Wildman–Crippen MR) is 103 cm³/mol. The molecule has 0 saturated carbocycles. The summed E-state index contributed by atoms with van der Waals surface area (Å²) in [7, 11) is 0. The highest BCUT2D eigenvalue weighted by molar-refractivity contribution is 6.09. The monoisotopic (exact) mass is 371 g/mol. The fraction of sp³-hybridized carbons (Fsp3) is 0.571. The maximum absolute atomic E-state index is 13.2. The summed E-state index contributed by atoms with van der Waals surface area (Å²) in [6.45, 7) is 3.87. The van der Waals surface area contributed by atoms with Crippen LogP contribution in [0.3, 0.4) is 0 Å². The van der Waals surface area contributed by atoms with Gasteiger partial charge >= 0.3 is 6.03 Å². The van der Waals surface area contributed by atoms with Gasteiger partial charge in [-0.3, -0.25) is 14.5 Å². The number of amides is 4. The predicted octanol–water partition coefficient (Wildman–Crippen LogP) is 2.86. The lowest BCUT2D eigenvalue weighted by atomic mass is 9.76. The minimum Gasteiger partial charge on any atom is -0.352 e. The molecule has 1 heterocycles. The molecule has 6 heteroatoms. The molecule has 6 nitrogen and oxygen atoms in total. The number of carbonyl (C=O) groups is 3. The molecule has 0 radical (unpaired) electrons. The van der Waals surface area contributed by atoms with Crippen molar-refractivity contribution in [2.24, 2.45) is 0 Å². The lowest BCUT2D eigenvalue weighted by molar-refractivity contribution is -0.135. The van der Waals surface area contributed by atoms with Crippen molar-refractivity contribution < 1.29 is 14.4 Å². The first-order valence-corrected chi connectivity index (χ1v) is 10.00.